The van der Waals surface area contributed by atoms with E-state index in [1.54, 1.807) is 23.5 Å². The smallest absolute Gasteiger partial charge is 0.211 e. The number of aryl methyl sites for hydroxylation is 1. The van der Waals surface area contributed by atoms with Crippen LogP contribution in [0.4, 0.5) is 0 Å². The first-order valence-corrected chi connectivity index (χ1v) is 7.39. The summed E-state index contributed by atoms with van der Waals surface area (Å²) in [5, 5.41) is 17.9. The second kappa shape index (κ2) is 5.54. The van der Waals surface area contributed by atoms with E-state index in [9.17, 15) is 5.11 Å². The van der Waals surface area contributed by atoms with Gasteiger partial charge >= 0.3 is 0 Å². The minimum atomic E-state index is 0.249. The number of nitrogens with zero attached hydrogens (tertiary/aromatic N) is 3. The third-order valence-electron chi connectivity index (χ3n) is 3.29. The van der Waals surface area contributed by atoms with Gasteiger partial charge in [0.2, 0.25) is 4.80 Å². The summed E-state index contributed by atoms with van der Waals surface area (Å²) >= 11 is 1.61. The van der Waals surface area contributed by atoms with Crippen molar-refractivity contribution in [1.29, 1.82) is 0 Å². The third kappa shape index (κ3) is 2.73. The van der Waals surface area contributed by atoms with Gasteiger partial charge in [-0.05, 0) is 48.9 Å². The zero-order valence-electron chi connectivity index (χ0n) is 11.8. The molecule has 4 nitrogen and oxygen atoms in total. The molecule has 0 spiro atoms. The fraction of sp³-hybridized carbons (Fsp3) is 0.125. The van der Waals surface area contributed by atoms with Crippen LogP contribution in [0.3, 0.4) is 0 Å². The number of phenolic OH excluding ortho intramolecular Hbond substituents is 1. The van der Waals surface area contributed by atoms with Gasteiger partial charge in [-0.25, -0.2) is 0 Å². The fourth-order valence-corrected chi connectivity index (χ4v) is 3.03. The minimum absolute atomic E-state index is 0.249. The van der Waals surface area contributed by atoms with Gasteiger partial charge in [-0.2, -0.15) is 5.10 Å². The number of para-hydroxylation sites is 1. The zero-order valence-corrected chi connectivity index (χ0v) is 12.6. The van der Waals surface area contributed by atoms with Crippen LogP contribution in [-0.2, 0) is 7.05 Å². The molecule has 0 bridgehead atoms. The van der Waals surface area contributed by atoms with Crippen molar-refractivity contribution < 1.29 is 5.11 Å². The van der Waals surface area contributed by atoms with Gasteiger partial charge in [0.1, 0.15) is 5.75 Å². The molecule has 3 aromatic rings. The van der Waals surface area contributed by atoms with Crippen LogP contribution in [0.1, 0.15) is 12.5 Å². The van der Waals surface area contributed by atoms with E-state index < -0.39 is 0 Å². The molecule has 1 aromatic heterocycles. The number of phenols is 1. The predicted molar refractivity (Wildman–Crippen MR) is 86.7 cm³/mol. The minimum Gasteiger partial charge on any atom is -0.508 e. The summed E-state index contributed by atoms with van der Waals surface area (Å²) in [6.45, 7) is 1.91. The fourth-order valence-electron chi connectivity index (χ4n) is 2.06. The molecule has 106 valence electrons. The Hall–Kier alpha value is -2.40. The molecule has 0 radical (unpaired) electrons. The molecule has 0 saturated carbocycles. The SMILES string of the molecule is C/C(=N\N=c1\sc2ccccc2n1C)c1ccc(O)cc1. The van der Waals surface area contributed by atoms with Crippen molar-refractivity contribution in [3.8, 4) is 5.75 Å². The maximum Gasteiger partial charge on any atom is 0.211 e. The van der Waals surface area contributed by atoms with Crippen LogP contribution < -0.4 is 4.80 Å². The molecule has 0 fully saturated rings. The summed E-state index contributed by atoms with van der Waals surface area (Å²) in [6, 6.07) is 15.1. The number of aromatic nitrogens is 1. The number of hydrogen-bond donors (Lipinski definition) is 1. The molecule has 0 atom stereocenters. The van der Waals surface area contributed by atoms with E-state index in [1.807, 2.05) is 42.8 Å². The monoisotopic (exact) mass is 297 g/mol. The molecular formula is C16H15N3OS. The Kier molecular flexibility index (Phi) is 3.58. The van der Waals surface area contributed by atoms with E-state index >= 15 is 0 Å². The molecule has 3 rings (SSSR count). The summed E-state index contributed by atoms with van der Waals surface area (Å²) < 4.78 is 3.23. The van der Waals surface area contributed by atoms with Crippen LogP contribution in [-0.4, -0.2) is 15.4 Å². The van der Waals surface area contributed by atoms with Crippen LogP contribution in [0.25, 0.3) is 10.2 Å². The molecule has 0 aliphatic rings. The number of thiazole rings is 1. The molecule has 0 aliphatic carbocycles. The maximum atomic E-state index is 9.30. The molecular weight excluding hydrogens is 282 g/mol. The van der Waals surface area contributed by atoms with Crippen molar-refractivity contribution in [2.24, 2.45) is 17.3 Å². The standard InChI is InChI=1S/C16H15N3OS/c1-11(12-7-9-13(20)10-8-12)17-18-16-19(2)14-5-3-4-6-15(14)21-16/h3-10,20H,1-2H3/b17-11+,18-16+. The van der Waals surface area contributed by atoms with Gasteiger partial charge in [-0.3, -0.25) is 0 Å². The largest absolute Gasteiger partial charge is 0.508 e. The topological polar surface area (TPSA) is 49.9 Å². The molecule has 1 heterocycles. The van der Waals surface area contributed by atoms with Crippen molar-refractivity contribution in [3.63, 3.8) is 0 Å². The Balaban J connectivity index is 2.02. The maximum absolute atomic E-state index is 9.30. The molecule has 1 N–H and O–H groups in total. The second-order valence-electron chi connectivity index (χ2n) is 4.74. The van der Waals surface area contributed by atoms with Crippen molar-refractivity contribution in [2.45, 2.75) is 6.92 Å². The number of benzene rings is 2. The van der Waals surface area contributed by atoms with Crippen LogP contribution >= 0.6 is 11.3 Å². The van der Waals surface area contributed by atoms with Gasteiger partial charge in [0.25, 0.3) is 0 Å². The summed E-state index contributed by atoms with van der Waals surface area (Å²) in [4.78, 5) is 0.856. The number of hydrogen-bond acceptors (Lipinski definition) is 4. The van der Waals surface area contributed by atoms with Gasteiger partial charge in [0.15, 0.2) is 0 Å². The average Bonchev–Trinajstić information content (AvgIpc) is 2.82. The third-order valence-corrected chi connectivity index (χ3v) is 4.39. The first kappa shape index (κ1) is 13.6. The summed E-state index contributed by atoms with van der Waals surface area (Å²) in [5.41, 5.74) is 2.91. The van der Waals surface area contributed by atoms with E-state index in [0.29, 0.717) is 0 Å². The molecule has 5 heteroatoms. The molecule has 0 aliphatic heterocycles. The molecule has 2 aromatic carbocycles. The van der Waals surface area contributed by atoms with E-state index in [-0.39, 0.29) is 5.75 Å². The zero-order chi connectivity index (χ0) is 14.8. The van der Waals surface area contributed by atoms with Crippen LogP contribution in [0, 0.1) is 0 Å². The number of rotatable bonds is 2. The van der Waals surface area contributed by atoms with E-state index in [4.69, 9.17) is 0 Å². The summed E-state index contributed by atoms with van der Waals surface area (Å²) in [5.74, 6) is 0.249. The van der Waals surface area contributed by atoms with Crippen molar-refractivity contribution in [2.75, 3.05) is 0 Å². The normalized spacial score (nSPS) is 13.0. The lowest BCUT2D eigenvalue weighted by Gasteiger charge is -1.98. The van der Waals surface area contributed by atoms with Crippen LogP contribution in [0.2, 0.25) is 0 Å². The second-order valence-corrected chi connectivity index (χ2v) is 5.75. The highest BCUT2D eigenvalue weighted by molar-refractivity contribution is 7.16. The molecule has 21 heavy (non-hydrogen) atoms. The Morgan fingerprint density at radius 3 is 2.52 bits per heavy atom. The van der Waals surface area contributed by atoms with Crippen molar-refractivity contribution >= 4 is 27.3 Å². The Morgan fingerprint density at radius 1 is 1.10 bits per heavy atom. The molecule has 0 unspecified atom stereocenters. The van der Waals surface area contributed by atoms with Gasteiger partial charge in [0, 0.05) is 7.05 Å². The lowest BCUT2D eigenvalue weighted by Crippen LogP contribution is -2.09. The molecule has 0 amide bonds. The first-order chi connectivity index (χ1) is 10.1. The quantitative estimate of drug-likeness (QED) is 0.573. The lowest BCUT2D eigenvalue weighted by molar-refractivity contribution is 0.475. The Labute approximate surface area is 126 Å². The number of fused-ring (bicyclic) bond motifs is 1. The number of aromatic hydroxyl groups is 1. The van der Waals surface area contributed by atoms with Crippen molar-refractivity contribution in [1.82, 2.24) is 4.57 Å². The van der Waals surface area contributed by atoms with Gasteiger partial charge in [-0.1, -0.05) is 23.5 Å². The van der Waals surface area contributed by atoms with E-state index in [1.165, 1.54) is 4.70 Å². The van der Waals surface area contributed by atoms with E-state index in [0.717, 1.165) is 21.6 Å². The van der Waals surface area contributed by atoms with Gasteiger partial charge < -0.3 is 9.67 Å². The van der Waals surface area contributed by atoms with Crippen LogP contribution in [0.15, 0.2) is 58.7 Å². The van der Waals surface area contributed by atoms with Gasteiger partial charge in [0.05, 0.1) is 15.9 Å². The Morgan fingerprint density at radius 2 is 1.81 bits per heavy atom. The average molecular weight is 297 g/mol. The first-order valence-electron chi connectivity index (χ1n) is 6.57. The highest BCUT2D eigenvalue weighted by Crippen LogP contribution is 2.15. The molecule has 0 saturated heterocycles. The predicted octanol–water partition coefficient (Wildman–Crippen LogP) is 3.27. The van der Waals surface area contributed by atoms with E-state index in [2.05, 4.69) is 22.3 Å². The van der Waals surface area contributed by atoms with Gasteiger partial charge in [-0.15, -0.1) is 5.10 Å². The summed E-state index contributed by atoms with van der Waals surface area (Å²) in [6.07, 6.45) is 0. The van der Waals surface area contributed by atoms with Crippen LogP contribution in [0.5, 0.6) is 5.75 Å². The lowest BCUT2D eigenvalue weighted by atomic mass is 10.1. The van der Waals surface area contributed by atoms with Crippen molar-refractivity contribution in [3.05, 3.63) is 58.9 Å². The highest BCUT2D eigenvalue weighted by atomic mass is 32.1. The Bertz CT molecular complexity index is 872. The summed E-state index contributed by atoms with van der Waals surface area (Å²) in [7, 11) is 1.99. The highest BCUT2D eigenvalue weighted by Gasteiger charge is 2.01.